The normalized spacial score (nSPS) is 12.6. The first-order valence-corrected chi connectivity index (χ1v) is 26.4. The number of hydrogen-bond acceptors (Lipinski definition) is 6. The fourth-order valence-corrected chi connectivity index (χ4v) is 7.27. The lowest BCUT2D eigenvalue weighted by atomic mass is 10.0. The molecule has 0 aliphatic carbocycles. The van der Waals surface area contributed by atoms with Crippen molar-refractivity contribution in [2.75, 3.05) is 13.2 Å². The fourth-order valence-electron chi connectivity index (χ4n) is 7.27. The van der Waals surface area contributed by atoms with Gasteiger partial charge in [-0.2, -0.15) is 0 Å². The Hall–Kier alpha value is -3.15. The van der Waals surface area contributed by atoms with Crippen molar-refractivity contribution in [3.63, 3.8) is 0 Å². The van der Waals surface area contributed by atoms with E-state index in [1.165, 1.54) is 128 Å². The molecule has 0 rings (SSSR count). The minimum absolute atomic E-state index is 0.107. The molecule has 0 saturated heterocycles. The molecule has 1 unspecified atom stereocenters. The van der Waals surface area contributed by atoms with Crippen molar-refractivity contribution >= 4 is 17.9 Å². The predicted octanol–water partition coefficient (Wildman–Crippen LogP) is 17.4. The van der Waals surface area contributed by atoms with E-state index in [1.807, 2.05) is 6.08 Å². The number of hydrogen-bond donors (Lipinski definition) is 0. The summed E-state index contributed by atoms with van der Waals surface area (Å²) in [4.78, 5) is 37.9. The standard InChI is InChI=1S/C57H98O6/c1-4-7-10-13-16-19-22-25-28-31-34-37-40-43-46-49-55(58)61-52-54(63-57(60)51-48-45-42-39-36-33-30-27-24-21-18-15-12-9-6-3)53-62-56(59)50-47-44-41-38-35-32-29-26-23-20-17-14-11-8-5-2/h7,10,16,19,25,27-28,30,34,37,43,46,54H,4-6,8-9,11-15,17-18,20-24,26,29,31-33,35-36,38-42,44-45,47-53H2,1-3H3/b10-7-,19-16-,28-25-,30-27-,37-34-,46-43-. The molecule has 0 aliphatic heterocycles. The van der Waals surface area contributed by atoms with Crippen LogP contribution in [0.5, 0.6) is 0 Å². The molecule has 0 spiro atoms. The molecule has 362 valence electrons. The van der Waals surface area contributed by atoms with E-state index in [9.17, 15) is 14.4 Å². The Morgan fingerprint density at radius 1 is 0.349 bits per heavy atom. The van der Waals surface area contributed by atoms with Gasteiger partial charge in [0.15, 0.2) is 6.10 Å². The first-order valence-electron chi connectivity index (χ1n) is 26.4. The second-order valence-electron chi connectivity index (χ2n) is 17.4. The fraction of sp³-hybridized carbons (Fsp3) is 0.737. The number of ether oxygens (including phenoxy) is 3. The summed E-state index contributed by atoms with van der Waals surface area (Å²) in [5.41, 5.74) is 0. The number of carbonyl (C=O) groups is 3. The third kappa shape index (κ3) is 49.7. The van der Waals surface area contributed by atoms with Crippen molar-refractivity contribution < 1.29 is 28.6 Å². The molecular weight excluding hydrogens is 781 g/mol. The van der Waals surface area contributed by atoms with Gasteiger partial charge in [0.05, 0.1) is 6.42 Å². The molecule has 0 aromatic heterocycles. The van der Waals surface area contributed by atoms with Crippen LogP contribution >= 0.6 is 0 Å². The van der Waals surface area contributed by atoms with Crippen molar-refractivity contribution in [1.82, 2.24) is 0 Å². The molecular formula is C57H98O6. The third-order valence-electron chi connectivity index (χ3n) is 11.2. The molecule has 6 nitrogen and oxygen atoms in total. The average molecular weight is 879 g/mol. The van der Waals surface area contributed by atoms with Gasteiger partial charge in [-0.3, -0.25) is 14.4 Å². The second kappa shape index (κ2) is 51.5. The summed E-state index contributed by atoms with van der Waals surface area (Å²) in [6.45, 7) is 6.43. The molecule has 0 aliphatic rings. The Labute approximate surface area is 389 Å². The third-order valence-corrected chi connectivity index (χ3v) is 11.2. The van der Waals surface area contributed by atoms with Crippen LogP contribution < -0.4 is 0 Å². The maximum Gasteiger partial charge on any atom is 0.309 e. The number of rotatable bonds is 47. The summed E-state index contributed by atoms with van der Waals surface area (Å²) < 4.78 is 16.7. The number of allylic oxidation sites excluding steroid dienone is 11. The van der Waals surface area contributed by atoms with Crippen LogP contribution in [0.2, 0.25) is 0 Å². The van der Waals surface area contributed by atoms with E-state index in [4.69, 9.17) is 14.2 Å². The molecule has 63 heavy (non-hydrogen) atoms. The van der Waals surface area contributed by atoms with Crippen LogP contribution in [0.3, 0.4) is 0 Å². The topological polar surface area (TPSA) is 78.9 Å². The van der Waals surface area contributed by atoms with Crippen molar-refractivity contribution in [1.29, 1.82) is 0 Å². The van der Waals surface area contributed by atoms with Crippen molar-refractivity contribution in [3.8, 4) is 0 Å². The zero-order valence-electron chi connectivity index (χ0n) is 41.3. The minimum atomic E-state index is -0.817. The Kier molecular flexibility index (Phi) is 48.9. The van der Waals surface area contributed by atoms with Gasteiger partial charge in [0, 0.05) is 12.8 Å². The highest BCUT2D eigenvalue weighted by Gasteiger charge is 2.19. The van der Waals surface area contributed by atoms with Crippen LogP contribution in [0.15, 0.2) is 72.9 Å². The molecule has 0 amide bonds. The molecule has 0 bridgehead atoms. The molecule has 6 heteroatoms. The van der Waals surface area contributed by atoms with Crippen molar-refractivity contribution in [3.05, 3.63) is 72.9 Å². The van der Waals surface area contributed by atoms with E-state index in [0.29, 0.717) is 12.8 Å². The van der Waals surface area contributed by atoms with Crippen molar-refractivity contribution in [2.45, 2.75) is 258 Å². The van der Waals surface area contributed by atoms with E-state index in [-0.39, 0.29) is 31.6 Å². The lowest BCUT2D eigenvalue weighted by Gasteiger charge is -2.18. The van der Waals surface area contributed by atoms with E-state index in [1.54, 1.807) is 6.08 Å². The first-order chi connectivity index (χ1) is 31.0. The maximum atomic E-state index is 12.8. The van der Waals surface area contributed by atoms with Crippen LogP contribution in [0.25, 0.3) is 0 Å². The van der Waals surface area contributed by atoms with Gasteiger partial charge in [-0.1, -0.05) is 235 Å². The number of unbranched alkanes of at least 4 members (excludes halogenated alkanes) is 25. The maximum absolute atomic E-state index is 12.8. The Morgan fingerprint density at radius 2 is 0.683 bits per heavy atom. The monoisotopic (exact) mass is 879 g/mol. The molecule has 0 N–H and O–H groups in total. The van der Waals surface area contributed by atoms with Crippen LogP contribution in [0.4, 0.5) is 0 Å². The van der Waals surface area contributed by atoms with E-state index < -0.39 is 12.1 Å². The highest BCUT2D eigenvalue weighted by atomic mass is 16.6. The lowest BCUT2D eigenvalue weighted by molar-refractivity contribution is -0.166. The predicted molar refractivity (Wildman–Crippen MR) is 270 cm³/mol. The molecule has 0 radical (unpaired) electrons. The van der Waals surface area contributed by atoms with Gasteiger partial charge in [-0.15, -0.1) is 0 Å². The van der Waals surface area contributed by atoms with E-state index in [2.05, 4.69) is 81.5 Å². The molecule has 0 aromatic rings. The number of carbonyl (C=O) groups excluding carboxylic acids is 3. The Balaban J connectivity index is 4.49. The van der Waals surface area contributed by atoms with Crippen LogP contribution in [0, 0.1) is 0 Å². The molecule has 0 fully saturated rings. The quantitative estimate of drug-likeness (QED) is 0.0262. The van der Waals surface area contributed by atoms with E-state index in [0.717, 1.165) is 83.5 Å². The summed E-state index contributed by atoms with van der Waals surface area (Å²) in [5, 5.41) is 0. The summed E-state index contributed by atoms with van der Waals surface area (Å²) >= 11 is 0. The van der Waals surface area contributed by atoms with Gasteiger partial charge in [0.1, 0.15) is 13.2 Å². The van der Waals surface area contributed by atoms with Gasteiger partial charge < -0.3 is 14.2 Å². The smallest absolute Gasteiger partial charge is 0.309 e. The van der Waals surface area contributed by atoms with Gasteiger partial charge in [0.25, 0.3) is 0 Å². The Morgan fingerprint density at radius 3 is 1.10 bits per heavy atom. The summed E-state index contributed by atoms with van der Waals surface area (Å²) in [7, 11) is 0. The van der Waals surface area contributed by atoms with Crippen LogP contribution in [0.1, 0.15) is 252 Å². The van der Waals surface area contributed by atoms with Crippen molar-refractivity contribution in [2.24, 2.45) is 0 Å². The molecule has 0 aromatic carbocycles. The van der Waals surface area contributed by atoms with Gasteiger partial charge in [-0.05, 0) is 70.6 Å². The van der Waals surface area contributed by atoms with Gasteiger partial charge in [-0.25, -0.2) is 0 Å². The highest BCUT2D eigenvalue weighted by molar-refractivity contribution is 5.72. The van der Waals surface area contributed by atoms with Crippen LogP contribution in [-0.2, 0) is 28.6 Å². The summed E-state index contributed by atoms with van der Waals surface area (Å²) in [5.74, 6) is -1.04. The number of esters is 3. The minimum Gasteiger partial charge on any atom is -0.462 e. The zero-order valence-corrected chi connectivity index (χ0v) is 41.3. The molecule has 0 saturated carbocycles. The molecule has 0 heterocycles. The zero-order chi connectivity index (χ0) is 45.8. The van der Waals surface area contributed by atoms with E-state index >= 15 is 0 Å². The highest BCUT2D eigenvalue weighted by Crippen LogP contribution is 2.15. The lowest BCUT2D eigenvalue weighted by Crippen LogP contribution is -2.30. The largest absolute Gasteiger partial charge is 0.462 e. The van der Waals surface area contributed by atoms with Gasteiger partial charge >= 0.3 is 17.9 Å². The average Bonchev–Trinajstić information content (AvgIpc) is 3.28. The SMILES string of the molecule is CC/C=C\C/C=C\C/C=C\C/C=C\C/C=C\CC(=O)OCC(COC(=O)CCCCCCCCCCCCCCCCC)OC(=O)CCCCCCC/C=C\CCCCCCCC. The first kappa shape index (κ1) is 59.9. The summed E-state index contributed by atoms with van der Waals surface area (Å²) in [6, 6.07) is 0. The Bertz CT molecular complexity index is 1190. The molecule has 1 atom stereocenters. The van der Waals surface area contributed by atoms with Gasteiger partial charge in [0.2, 0.25) is 0 Å². The van der Waals surface area contributed by atoms with Crippen LogP contribution in [-0.4, -0.2) is 37.2 Å². The summed E-state index contributed by atoms with van der Waals surface area (Å²) in [6.07, 6.45) is 64.8. The second-order valence-corrected chi connectivity index (χ2v) is 17.4.